The Bertz CT molecular complexity index is 414. The second-order valence-corrected chi connectivity index (χ2v) is 4.08. The molecule has 0 aromatic heterocycles. The maximum atomic E-state index is 11.6. The Morgan fingerprint density at radius 1 is 1.26 bits per heavy atom. The molecule has 0 atom stereocenters. The van der Waals surface area contributed by atoms with E-state index in [9.17, 15) is 9.59 Å². The van der Waals surface area contributed by atoms with Crippen molar-refractivity contribution >= 4 is 11.9 Å². The Morgan fingerprint density at radius 3 is 2.53 bits per heavy atom. The smallest absolute Gasteiger partial charge is 0.335 e. The SMILES string of the molecule is CCOCCCNC(=O)Cc1ccc(C(=O)O)cc1. The topological polar surface area (TPSA) is 75.6 Å². The van der Waals surface area contributed by atoms with Crippen molar-refractivity contribution in [3.8, 4) is 0 Å². The van der Waals surface area contributed by atoms with Gasteiger partial charge in [-0.05, 0) is 31.0 Å². The molecular weight excluding hydrogens is 246 g/mol. The normalized spacial score (nSPS) is 10.2. The van der Waals surface area contributed by atoms with E-state index in [0.717, 1.165) is 12.0 Å². The first-order chi connectivity index (χ1) is 9.13. The van der Waals surface area contributed by atoms with Gasteiger partial charge in [-0.15, -0.1) is 0 Å². The molecule has 1 amide bonds. The molecule has 0 spiro atoms. The number of hydrogen-bond donors (Lipinski definition) is 2. The maximum absolute atomic E-state index is 11.6. The number of ether oxygens (including phenoxy) is 1. The van der Waals surface area contributed by atoms with Crippen LogP contribution in [-0.4, -0.2) is 36.7 Å². The van der Waals surface area contributed by atoms with Gasteiger partial charge in [-0.1, -0.05) is 12.1 Å². The highest BCUT2D eigenvalue weighted by molar-refractivity contribution is 5.87. The van der Waals surface area contributed by atoms with Gasteiger partial charge in [-0.3, -0.25) is 4.79 Å². The fourth-order valence-electron chi connectivity index (χ4n) is 1.56. The van der Waals surface area contributed by atoms with Crippen LogP contribution in [0.1, 0.15) is 29.3 Å². The standard InChI is InChI=1S/C14H19NO4/c1-2-19-9-3-8-15-13(16)10-11-4-6-12(7-5-11)14(17)18/h4-7H,2-3,8-10H2,1H3,(H,15,16)(H,17,18). The second kappa shape index (κ2) is 8.26. The lowest BCUT2D eigenvalue weighted by atomic mass is 10.1. The number of carbonyl (C=O) groups excluding carboxylic acids is 1. The average Bonchev–Trinajstić information content (AvgIpc) is 2.39. The Hall–Kier alpha value is -1.88. The lowest BCUT2D eigenvalue weighted by Gasteiger charge is -2.05. The predicted octanol–water partition coefficient (Wildman–Crippen LogP) is 1.47. The van der Waals surface area contributed by atoms with Crippen molar-refractivity contribution in [3.05, 3.63) is 35.4 Å². The molecule has 0 aliphatic rings. The van der Waals surface area contributed by atoms with E-state index in [0.29, 0.717) is 19.8 Å². The predicted molar refractivity (Wildman–Crippen MR) is 71.2 cm³/mol. The number of benzene rings is 1. The van der Waals surface area contributed by atoms with E-state index in [4.69, 9.17) is 9.84 Å². The van der Waals surface area contributed by atoms with E-state index >= 15 is 0 Å². The fourth-order valence-corrected chi connectivity index (χ4v) is 1.56. The molecule has 5 nitrogen and oxygen atoms in total. The molecule has 0 heterocycles. The zero-order chi connectivity index (χ0) is 14.1. The fraction of sp³-hybridized carbons (Fsp3) is 0.429. The van der Waals surface area contributed by atoms with Gasteiger partial charge < -0.3 is 15.2 Å². The van der Waals surface area contributed by atoms with Crippen molar-refractivity contribution in [2.24, 2.45) is 0 Å². The van der Waals surface area contributed by atoms with Gasteiger partial charge in [0.2, 0.25) is 5.91 Å². The minimum Gasteiger partial charge on any atom is -0.478 e. The van der Waals surface area contributed by atoms with Crippen molar-refractivity contribution in [2.75, 3.05) is 19.8 Å². The maximum Gasteiger partial charge on any atom is 0.335 e. The van der Waals surface area contributed by atoms with Crippen molar-refractivity contribution in [2.45, 2.75) is 19.8 Å². The zero-order valence-corrected chi connectivity index (χ0v) is 11.0. The molecule has 1 aromatic carbocycles. The third kappa shape index (κ3) is 6.01. The van der Waals surface area contributed by atoms with Crippen LogP contribution in [0.4, 0.5) is 0 Å². The van der Waals surface area contributed by atoms with Crippen molar-refractivity contribution in [1.29, 1.82) is 0 Å². The Balaban J connectivity index is 2.30. The molecule has 104 valence electrons. The molecule has 5 heteroatoms. The first-order valence-corrected chi connectivity index (χ1v) is 6.30. The third-order valence-electron chi connectivity index (χ3n) is 2.56. The monoisotopic (exact) mass is 265 g/mol. The number of hydrogen-bond acceptors (Lipinski definition) is 3. The van der Waals surface area contributed by atoms with Crippen LogP contribution < -0.4 is 5.32 Å². The number of carbonyl (C=O) groups is 2. The number of carboxylic acids is 1. The summed E-state index contributed by atoms with van der Waals surface area (Å²) in [7, 11) is 0. The lowest BCUT2D eigenvalue weighted by Crippen LogP contribution is -2.26. The minimum absolute atomic E-state index is 0.0698. The molecule has 0 unspecified atom stereocenters. The lowest BCUT2D eigenvalue weighted by molar-refractivity contribution is -0.120. The molecule has 2 N–H and O–H groups in total. The molecular formula is C14H19NO4. The van der Waals surface area contributed by atoms with Crippen LogP contribution in [0.15, 0.2) is 24.3 Å². The van der Waals surface area contributed by atoms with E-state index in [1.165, 1.54) is 12.1 Å². The quantitative estimate of drug-likeness (QED) is 0.698. The van der Waals surface area contributed by atoms with E-state index in [2.05, 4.69) is 5.32 Å². The Morgan fingerprint density at radius 2 is 1.95 bits per heavy atom. The Kier molecular flexibility index (Phi) is 6.60. The van der Waals surface area contributed by atoms with Gasteiger partial charge in [0.05, 0.1) is 12.0 Å². The molecule has 0 radical (unpaired) electrons. The third-order valence-corrected chi connectivity index (χ3v) is 2.56. The minimum atomic E-state index is -0.966. The van der Waals surface area contributed by atoms with Gasteiger partial charge >= 0.3 is 5.97 Å². The first-order valence-electron chi connectivity index (χ1n) is 6.30. The summed E-state index contributed by atoms with van der Waals surface area (Å²) in [6.07, 6.45) is 1.05. The van der Waals surface area contributed by atoms with Gasteiger partial charge in [0.1, 0.15) is 0 Å². The molecule has 0 aliphatic carbocycles. The molecule has 1 aromatic rings. The van der Waals surface area contributed by atoms with Crippen LogP contribution in [0.3, 0.4) is 0 Å². The van der Waals surface area contributed by atoms with E-state index in [1.54, 1.807) is 12.1 Å². The molecule has 0 aliphatic heterocycles. The highest BCUT2D eigenvalue weighted by Gasteiger charge is 2.05. The summed E-state index contributed by atoms with van der Waals surface area (Å²) in [5, 5.41) is 11.5. The molecule has 0 saturated heterocycles. The van der Waals surface area contributed by atoms with Crippen LogP contribution in [0.5, 0.6) is 0 Å². The van der Waals surface area contributed by atoms with Crippen LogP contribution in [0.25, 0.3) is 0 Å². The summed E-state index contributed by atoms with van der Waals surface area (Å²) in [6, 6.07) is 6.31. The highest BCUT2D eigenvalue weighted by Crippen LogP contribution is 2.05. The zero-order valence-electron chi connectivity index (χ0n) is 11.0. The van der Waals surface area contributed by atoms with E-state index in [1.807, 2.05) is 6.92 Å². The van der Waals surface area contributed by atoms with Gasteiger partial charge in [0.15, 0.2) is 0 Å². The molecule has 0 saturated carbocycles. The largest absolute Gasteiger partial charge is 0.478 e. The van der Waals surface area contributed by atoms with Crippen LogP contribution in [-0.2, 0) is 16.0 Å². The Labute approximate surface area is 112 Å². The second-order valence-electron chi connectivity index (χ2n) is 4.08. The number of carboxylic acid groups (broad SMARTS) is 1. The summed E-state index contributed by atoms with van der Waals surface area (Å²) in [4.78, 5) is 22.3. The summed E-state index contributed by atoms with van der Waals surface area (Å²) >= 11 is 0. The summed E-state index contributed by atoms with van der Waals surface area (Å²) < 4.78 is 5.16. The van der Waals surface area contributed by atoms with Gasteiger partial charge in [-0.2, -0.15) is 0 Å². The summed E-state index contributed by atoms with van der Waals surface area (Å²) in [5.41, 5.74) is 1.02. The van der Waals surface area contributed by atoms with Crippen LogP contribution in [0.2, 0.25) is 0 Å². The summed E-state index contributed by atoms with van der Waals surface area (Å²) in [5.74, 6) is -1.04. The number of aromatic carboxylic acids is 1. The molecule has 0 fully saturated rings. The average molecular weight is 265 g/mol. The van der Waals surface area contributed by atoms with E-state index < -0.39 is 5.97 Å². The van der Waals surface area contributed by atoms with Gasteiger partial charge in [0, 0.05) is 19.8 Å². The van der Waals surface area contributed by atoms with Crippen molar-refractivity contribution in [1.82, 2.24) is 5.32 Å². The number of nitrogens with one attached hydrogen (secondary N) is 1. The number of rotatable bonds is 8. The van der Waals surface area contributed by atoms with Crippen molar-refractivity contribution < 1.29 is 19.4 Å². The molecule has 19 heavy (non-hydrogen) atoms. The highest BCUT2D eigenvalue weighted by atomic mass is 16.5. The van der Waals surface area contributed by atoms with Gasteiger partial charge in [-0.25, -0.2) is 4.79 Å². The number of amides is 1. The molecule has 1 rings (SSSR count). The summed E-state index contributed by atoms with van der Waals surface area (Å²) in [6.45, 7) is 3.85. The van der Waals surface area contributed by atoms with E-state index in [-0.39, 0.29) is 17.9 Å². The first kappa shape index (κ1) is 15.2. The molecule has 0 bridgehead atoms. The van der Waals surface area contributed by atoms with Crippen LogP contribution in [0, 0.1) is 0 Å². The van der Waals surface area contributed by atoms with Crippen LogP contribution >= 0.6 is 0 Å². The van der Waals surface area contributed by atoms with Gasteiger partial charge in [0.25, 0.3) is 0 Å². The van der Waals surface area contributed by atoms with Crippen molar-refractivity contribution in [3.63, 3.8) is 0 Å².